The lowest BCUT2D eigenvalue weighted by molar-refractivity contribution is 0.102. The van der Waals surface area contributed by atoms with Crippen molar-refractivity contribution in [2.75, 3.05) is 43.9 Å². The van der Waals surface area contributed by atoms with E-state index >= 15 is 0 Å². The molecule has 0 aliphatic carbocycles. The molecule has 1 unspecified atom stereocenters. The van der Waals surface area contributed by atoms with Crippen molar-refractivity contribution >= 4 is 23.2 Å². The topological polar surface area (TPSA) is 112 Å². The molecule has 4 N–H and O–H groups in total. The van der Waals surface area contributed by atoms with Crippen molar-refractivity contribution in [2.24, 2.45) is 5.73 Å². The molecular formula is C29H32N8O. The van der Waals surface area contributed by atoms with Crippen LogP contribution in [-0.4, -0.2) is 63.9 Å². The molecule has 1 saturated heterocycles. The van der Waals surface area contributed by atoms with Gasteiger partial charge >= 0.3 is 0 Å². The Hall–Kier alpha value is -4.18. The van der Waals surface area contributed by atoms with E-state index in [-0.39, 0.29) is 12.1 Å². The number of nitrogens with two attached hydrogens (primary N) is 1. The van der Waals surface area contributed by atoms with Gasteiger partial charge < -0.3 is 21.3 Å². The fourth-order valence-electron chi connectivity index (χ4n) is 4.44. The monoisotopic (exact) mass is 508 g/mol. The molecule has 0 radical (unpaired) electrons. The maximum atomic E-state index is 12.9. The predicted molar refractivity (Wildman–Crippen MR) is 150 cm³/mol. The van der Waals surface area contributed by atoms with Gasteiger partial charge in [0, 0.05) is 67.3 Å². The molecule has 3 heterocycles. The van der Waals surface area contributed by atoms with Crippen LogP contribution in [0.4, 0.5) is 17.3 Å². The number of hydrogen-bond acceptors (Lipinski definition) is 8. The summed E-state index contributed by atoms with van der Waals surface area (Å²) in [6.45, 7) is 5.86. The third-order valence-electron chi connectivity index (χ3n) is 6.79. The Bertz CT molecular complexity index is 1390. The van der Waals surface area contributed by atoms with Crippen LogP contribution in [0.25, 0.3) is 11.3 Å². The van der Waals surface area contributed by atoms with Gasteiger partial charge in [-0.2, -0.15) is 0 Å². The first-order valence-corrected chi connectivity index (χ1v) is 12.7. The minimum Gasteiger partial charge on any atom is -0.324 e. The van der Waals surface area contributed by atoms with Crippen LogP contribution in [0.2, 0.25) is 0 Å². The molecule has 1 atom stereocenters. The summed E-state index contributed by atoms with van der Waals surface area (Å²) < 4.78 is 0. The number of nitrogens with one attached hydrogen (secondary N) is 2. The number of amides is 1. The van der Waals surface area contributed by atoms with Crippen LogP contribution in [0, 0.1) is 6.92 Å². The number of anilines is 3. The zero-order valence-electron chi connectivity index (χ0n) is 21.6. The van der Waals surface area contributed by atoms with Crippen molar-refractivity contribution in [2.45, 2.75) is 13.1 Å². The van der Waals surface area contributed by atoms with Crippen LogP contribution in [0.1, 0.15) is 27.7 Å². The second-order valence-corrected chi connectivity index (χ2v) is 9.52. The Kier molecular flexibility index (Phi) is 7.69. The molecule has 9 heteroatoms. The standard InChI is InChI=1S/C29H32N8O/c1-20-18-24(9-10-25(20)34-29-32-13-11-26(35-29)23-4-3-12-31-19-23)33-28(38)22-7-5-21(6-8-22)27(30)37-16-14-36(2)15-17-37/h3-13,18-19,27H,14-17,30H2,1-2H3,(H,33,38)(H,32,34,35). The summed E-state index contributed by atoms with van der Waals surface area (Å²) in [6.07, 6.45) is 5.04. The normalized spacial score (nSPS) is 15.1. The molecule has 5 rings (SSSR count). The molecule has 9 nitrogen and oxygen atoms in total. The first-order valence-electron chi connectivity index (χ1n) is 12.7. The van der Waals surface area contributed by atoms with Crippen molar-refractivity contribution in [1.29, 1.82) is 0 Å². The highest BCUT2D eigenvalue weighted by Crippen LogP contribution is 2.24. The van der Waals surface area contributed by atoms with Crippen molar-refractivity contribution in [3.63, 3.8) is 0 Å². The number of benzene rings is 2. The largest absolute Gasteiger partial charge is 0.324 e. The summed E-state index contributed by atoms with van der Waals surface area (Å²) in [5.74, 6) is 0.318. The van der Waals surface area contributed by atoms with Gasteiger partial charge in [0.1, 0.15) is 0 Å². The highest BCUT2D eigenvalue weighted by atomic mass is 16.1. The molecule has 194 valence electrons. The average molecular weight is 509 g/mol. The molecule has 1 amide bonds. The average Bonchev–Trinajstić information content (AvgIpc) is 2.95. The molecule has 0 bridgehead atoms. The van der Waals surface area contributed by atoms with E-state index in [2.05, 4.69) is 42.4 Å². The molecule has 38 heavy (non-hydrogen) atoms. The Labute approximate surface area is 222 Å². The minimum atomic E-state index is -0.169. The number of carbonyl (C=O) groups is 1. The third-order valence-corrected chi connectivity index (χ3v) is 6.79. The fraction of sp³-hybridized carbons (Fsp3) is 0.241. The molecule has 1 fully saturated rings. The first kappa shape index (κ1) is 25.5. The van der Waals surface area contributed by atoms with Gasteiger partial charge in [0.05, 0.1) is 11.9 Å². The van der Waals surface area contributed by atoms with Crippen LogP contribution < -0.4 is 16.4 Å². The summed E-state index contributed by atoms with van der Waals surface area (Å²) in [4.78, 5) is 30.6. The number of piperazine rings is 1. The molecule has 0 saturated carbocycles. The Balaban J connectivity index is 1.21. The highest BCUT2D eigenvalue weighted by molar-refractivity contribution is 6.04. The van der Waals surface area contributed by atoms with Gasteiger partial charge in [-0.25, -0.2) is 9.97 Å². The van der Waals surface area contributed by atoms with Gasteiger partial charge in [-0.15, -0.1) is 0 Å². The Morgan fingerprint density at radius 3 is 2.50 bits per heavy atom. The van der Waals surface area contributed by atoms with Gasteiger partial charge in [-0.05, 0) is 73.6 Å². The second-order valence-electron chi connectivity index (χ2n) is 9.52. The highest BCUT2D eigenvalue weighted by Gasteiger charge is 2.21. The first-order chi connectivity index (χ1) is 18.5. The molecule has 1 aliphatic heterocycles. The van der Waals surface area contributed by atoms with Gasteiger partial charge in [0.2, 0.25) is 5.95 Å². The summed E-state index contributed by atoms with van der Waals surface area (Å²) >= 11 is 0. The lowest BCUT2D eigenvalue weighted by atomic mass is 10.1. The lowest BCUT2D eigenvalue weighted by Crippen LogP contribution is -2.48. The maximum absolute atomic E-state index is 12.9. The molecule has 0 spiro atoms. The predicted octanol–water partition coefficient (Wildman–Crippen LogP) is 4.05. The number of aromatic nitrogens is 3. The molecule has 1 aliphatic rings. The zero-order chi connectivity index (χ0) is 26.5. The number of aryl methyl sites for hydroxylation is 1. The van der Waals surface area contributed by atoms with Crippen molar-refractivity contribution in [1.82, 2.24) is 24.8 Å². The van der Waals surface area contributed by atoms with E-state index in [4.69, 9.17) is 5.73 Å². The van der Waals surface area contributed by atoms with E-state index in [1.165, 1.54) is 0 Å². The number of hydrogen-bond donors (Lipinski definition) is 3. The molecule has 4 aromatic rings. The molecule has 2 aromatic heterocycles. The summed E-state index contributed by atoms with van der Waals surface area (Å²) in [7, 11) is 2.12. The van der Waals surface area contributed by atoms with E-state index in [1.807, 2.05) is 67.6 Å². The molecular weight excluding hydrogens is 476 g/mol. The number of carbonyl (C=O) groups excluding carboxylic acids is 1. The van der Waals surface area contributed by atoms with Crippen LogP contribution in [0.15, 0.2) is 79.3 Å². The SMILES string of the molecule is Cc1cc(NC(=O)c2ccc(C(N)N3CCN(C)CC3)cc2)ccc1Nc1nccc(-c2cccnc2)n1. The Morgan fingerprint density at radius 1 is 1.00 bits per heavy atom. The van der Waals surface area contributed by atoms with Crippen LogP contribution in [-0.2, 0) is 0 Å². The lowest BCUT2D eigenvalue weighted by Gasteiger charge is -2.36. The number of pyridine rings is 1. The minimum absolute atomic E-state index is 0.169. The van der Waals surface area contributed by atoms with E-state index in [0.717, 1.165) is 54.3 Å². The Morgan fingerprint density at radius 2 is 1.79 bits per heavy atom. The number of rotatable bonds is 7. The quantitative estimate of drug-likeness (QED) is 0.343. The summed E-state index contributed by atoms with van der Waals surface area (Å²) in [5.41, 5.74) is 12.3. The van der Waals surface area contributed by atoms with E-state index < -0.39 is 0 Å². The summed E-state index contributed by atoms with van der Waals surface area (Å²) in [5, 5.41) is 6.25. The smallest absolute Gasteiger partial charge is 0.255 e. The summed E-state index contributed by atoms with van der Waals surface area (Å²) in [6, 6.07) is 18.9. The number of likely N-dealkylation sites (N-methyl/N-ethyl adjacent to an activating group) is 1. The van der Waals surface area contributed by atoms with Crippen molar-refractivity contribution in [3.8, 4) is 11.3 Å². The molecule has 2 aromatic carbocycles. The van der Waals surface area contributed by atoms with Gasteiger partial charge in [0.15, 0.2) is 0 Å². The second kappa shape index (κ2) is 11.5. The third kappa shape index (κ3) is 6.03. The zero-order valence-corrected chi connectivity index (χ0v) is 21.6. The van der Waals surface area contributed by atoms with Gasteiger partial charge in [-0.1, -0.05) is 12.1 Å². The van der Waals surface area contributed by atoms with Crippen LogP contribution in [0.3, 0.4) is 0 Å². The maximum Gasteiger partial charge on any atom is 0.255 e. The van der Waals surface area contributed by atoms with Crippen molar-refractivity contribution in [3.05, 3.63) is 95.9 Å². The van der Waals surface area contributed by atoms with Crippen LogP contribution >= 0.6 is 0 Å². The van der Waals surface area contributed by atoms with Gasteiger partial charge in [0.25, 0.3) is 5.91 Å². The van der Waals surface area contributed by atoms with E-state index in [1.54, 1.807) is 18.6 Å². The van der Waals surface area contributed by atoms with Gasteiger partial charge in [-0.3, -0.25) is 14.7 Å². The van der Waals surface area contributed by atoms with E-state index in [0.29, 0.717) is 17.2 Å². The van der Waals surface area contributed by atoms with Crippen LogP contribution in [0.5, 0.6) is 0 Å². The fourth-order valence-corrected chi connectivity index (χ4v) is 4.44. The van der Waals surface area contributed by atoms with E-state index in [9.17, 15) is 4.79 Å². The number of nitrogens with zero attached hydrogens (tertiary/aromatic N) is 5. The van der Waals surface area contributed by atoms with Crippen molar-refractivity contribution < 1.29 is 4.79 Å².